The molecule has 1 aromatic rings. The molecule has 1 heterocycles. The highest BCUT2D eigenvalue weighted by molar-refractivity contribution is 5.98. The Morgan fingerprint density at radius 2 is 1.92 bits per heavy atom. The fourth-order valence-corrected chi connectivity index (χ4v) is 1.26. The van der Waals surface area contributed by atoms with Gasteiger partial charge in [-0.1, -0.05) is 0 Å². The van der Waals surface area contributed by atoms with Crippen LogP contribution in [0.1, 0.15) is 22.1 Å². The van der Waals surface area contributed by atoms with Crippen LogP contribution in [0.2, 0.25) is 0 Å². The van der Waals surface area contributed by atoms with E-state index >= 15 is 0 Å². The Kier molecular flexibility index (Phi) is 1.56. The van der Waals surface area contributed by atoms with Crippen LogP contribution in [-0.4, -0.2) is 11.0 Å². The van der Waals surface area contributed by atoms with Crippen LogP contribution in [-0.2, 0) is 0 Å². The number of carbonyl (C=O) groups is 1. The van der Waals surface area contributed by atoms with Gasteiger partial charge in [0.2, 0.25) is 0 Å². The smallest absolute Gasteiger partial charge is 0.254 e. The zero-order valence-electron chi connectivity index (χ0n) is 6.34. The molecule has 1 aromatic carbocycles. The second kappa shape index (κ2) is 2.50. The average molecular weight is 185 g/mol. The maximum absolute atomic E-state index is 12.6. The zero-order chi connectivity index (χ0) is 9.59. The third kappa shape index (κ3) is 1.08. The lowest BCUT2D eigenvalue weighted by Crippen LogP contribution is -2.18. The van der Waals surface area contributed by atoms with Crippen LogP contribution < -0.4 is 5.32 Å². The average Bonchev–Trinajstić information content (AvgIpc) is 2.31. The molecule has 1 unspecified atom stereocenters. The first kappa shape index (κ1) is 8.12. The quantitative estimate of drug-likeness (QED) is 0.625. The standard InChI is InChI=1S/C8H5F2NO2/c9-5-1-3-4(2-6(5)10)8(13)11-7(3)12/h1-2,7,12H,(H,11,13). The minimum absolute atomic E-state index is 0.0219. The predicted octanol–water partition coefficient (Wildman–Crippen LogP) is 0.699. The Morgan fingerprint density at radius 1 is 1.31 bits per heavy atom. The van der Waals surface area contributed by atoms with Crippen LogP contribution in [0, 0.1) is 11.6 Å². The van der Waals surface area contributed by atoms with Gasteiger partial charge in [-0.05, 0) is 12.1 Å². The van der Waals surface area contributed by atoms with Crippen LogP contribution in [0.4, 0.5) is 8.78 Å². The molecule has 68 valence electrons. The van der Waals surface area contributed by atoms with E-state index in [-0.39, 0.29) is 11.1 Å². The lowest BCUT2D eigenvalue weighted by atomic mass is 10.1. The van der Waals surface area contributed by atoms with E-state index in [0.717, 1.165) is 12.1 Å². The monoisotopic (exact) mass is 185 g/mol. The van der Waals surface area contributed by atoms with Gasteiger partial charge in [-0.3, -0.25) is 4.79 Å². The van der Waals surface area contributed by atoms with E-state index in [1.807, 2.05) is 0 Å². The van der Waals surface area contributed by atoms with E-state index in [4.69, 9.17) is 5.11 Å². The van der Waals surface area contributed by atoms with Crippen LogP contribution in [0.5, 0.6) is 0 Å². The van der Waals surface area contributed by atoms with Gasteiger partial charge >= 0.3 is 0 Å². The highest BCUT2D eigenvalue weighted by atomic mass is 19.2. The lowest BCUT2D eigenvalue weighted by Gasteiger charge is -2.01. The molecule has 0 saturated heterocycles. The number of hydrogen-bond donors (Lipinski definition) is 2. The third-order valence-corrected chi connectivity index (χ3v) is 1.90. The van der Waals surface area contributed by atoms with Crippen molar-refractivity contribution in [1.82, 2.24) is 5.32 Å². The Labute approximate surface area is 72.0 Å². The molecule has 1 aliphatic heterocycles. The summed E-state index contributed by atoms with van der Waals surface area (Å²) in [4.78, 5) is 11.0. The van der Waals surface area contributed by atoms with Gasteiger partial charge < -0.3 is 10.4 Å². The Morgan fingerprint density at radius 3 is 2.62 bits per heavy atom. The minimum atomic E-state index is -1.24. The SMILES string of the molecule is O=C1NC(O)c2cc(F)c(F)cc21. The number of benzene rings is 1. The molecule has 0 spiro atoms. The predicted molar refractivity (Wildman–Crippen MR) is 38.8 cm³/mol. The van der Waals surface area contributed by atoms with Crippen molar-refractivity contribution in [2.24, 2.45) is 0 Å². The van der Waals surface area contributed by atoms with Gasteiger partial charge in [0.1, 0.15) is 0 Å². The normalized spacial score (nSPS) is 19.9. The number of nitrogens with one attached hydrogen (secondary N) is 1. The molecule has 5 heteroatoms. The number of halogens is 2. The zero-order valence-corrected chi connectivity index (χ0v) is 6.34. The largest absolute Gasteiger partial charge is 0.369 e. The first-order chi connectivity index (χ1) is 6.09. The molecule has 2 rings (SSSR count). The minimum Gasteiger partial charge on any atom is -0.369 e. The Bertz CT molecular complexity index is 392. The van der Waals surface area contributed by atoms with E-state index in [1.165, 1.54) is 0 Å². The summed E-state index contributed by atoms with van der Waals surface area (Å²) in [5.41, 5.74) is 0.0512. The number of aliphatic hydroxyl groups excluding tert-OH is 1. The fraction of sp³-hybridized carbons (Fsp3) is 0.125. The summed E-state index contributed by atoms with van der Waals surface area (Å²) in [7, 11) is 0. The summed E-state index contributed by atoms with van der Waals surface area (Å²) in [6, 6.07) is 1.59. The number of rotatable bonds is 0. The Balaban J connectivity index is 2.65. The first-order valence-electron chi connectivity index (χ1n) is 3.57. The fourth-order valence-electron chi connectivity index (χ4n) is 1.26. The van der Waals surface area contributed by atoms with Gasteiger partial charge in [0, 0.05) is 5.56 Å². The van der Waals surface area contributed by atoms with E-state index in [9.17, 15) is 13.6 Å². The van der Waals surface area contributed by atoms with Gasteiger partial charge in [-0.2, -0.15) is 0 Å². The van der Waals surface area contributed by atoms with Gasteiger partial charge in [0.25, 0.3) is 5.91 Å². The molecule has 13 heavy (non-hydrogen) atoms. The van der Waals surface area contributed by atoms with Crippen molar-refractivity contribution in [3.63, 3.8) is 0 Å². The topological polar surface area (TPSA) is 49.3 Å². The molecule has 0 aromatic heterocycles. The molecular weight excluding hydrogens is 180 g/mol. The second-order valence-corrected chi connectivity index (χ2v) is 2.73. The summed E-state index contributed by atoms with van der Waals surface area (Å²) < 4.78 is 25.3. The van der Waals surface area contributed by atoms with Gasteiger partial charge in [0.15, 0.2) is 17.9 Å². The maximum atomic E-state index is 12.6. The molecule has 0 saturated carbocycles. The van der Waals surface area contributed by atoms with Crippen LogP contribution >= 0.6 is 0 Å². The van der Waals surface area contributed by atoms with Crippen LogP contribution in [0.25, 0.3) is 0 Å². The van der Waals surface area contributed by atoms with E-state index in [0.29, 0.717) is 0 Å². The van der Waals surface area contributed by atoms with Gasteiger partial charge in [-0.15, -0.1) is 0 Å². The second-order valence-electron chi connectivity index (χ2n) is 2.73. The summed E-state index contributed by atoms with van der Waals surface area (Å²) in [5.74, 6) is -2.77. The molecule has 0 fully saturated rings. The molecule has 0 aliphatic carbocycles. The van der Waals surface area contributed by atoms with Gasteiger partial charge in [0.05, 0.1) is 5.56 Å². The van der Waals surface area contributed by atoms with Crippen molar-refractivity contribution in [2.75, 3.05) is 0 Å². The Hall–Kier alpha value is -1.49. The molecule has 0 bridgehead atoms. The molecular formula is C8H5F2NO2. The first-order valence-corrected chi connectivity index (χ1v) is 3.57. The van der Waals surface area contributed by atoms with Crippen molar-refractivity contribution < 1.29 is 18.7 Å². The number of fused-ring (bicyclic) bond motifs is 1. The molecule has 1 atom stereocenters. The summed E-state index contributed by atoms with van der Waals surface area (Å²) in [5, 5.41) is 11.3. The lowest BCUT2D eigenvalue weighted by molar-refractivity contribution is 0.0850. The number of hydrogen-bond acceptors (Lipinski definition) is 2. The van der Waals surface area contributed by atoms with E-state index in [1.54, 1.807) is 0 Å². The molecule has 3 nitrogen and oxygen atoms in total. The number of aliphatic hydroxyl groups is 1. The molecule has 2 N–H and O–H groups in total. The van der Waals surface area contributed by atoms with Crippen LogP contribution in [0.15, 0.2) is 12.1 Å². The van der Waals surface area contributed by atoms with Crippen LogP contribution in [0.3, 0.4) is 0 Å². The third-order valence-electron chi connectivity index (χ3n) is 1.90. The molecule has 1 aliphatic rings. The van der Waals surface area contributed by atoms with Crippen molar-refractivity contribution in [3.05, 3.63) is 34.9 Å². The van der Waals surface area contributed by atoms with Crippen molar-refractivity contribution in [2.45, 2.75) is 6.23 Å². The van der Waals surface area contributed by atoms with Crippen molar-refractivity contribution >= 4 is 5.91 Å². The number of carbonyl (C=O) groups excluding carboxylic acids is 1. The summed E-state index contributed by atoms with van der Waals surface area (Å²) in [6.45, 7) is 0. The van der Waals surface area contributed by atoms with E-state index < -0.39 is 23.8 Å². The summed E-state index contributed by atoms with van der Waals surface area (Å²) >= 11 is 0. The van der Waals surface area contributed by atoms with Crippen molar-refractivity contribution in [3.8, 4) is 0 Å². The molecule has 0 radical (unpaired) electrons. The molecule has 1 amide bonds. The van der Waals surface area contributed by atoms with Gasteiger partial charge in [-0.25, -0.2) is 8.78 Å². The highest BCUT2D eigenvalue weighted by Gasteiger charge is 2.28. The number of amides is 1. The van der Waals surface area contributed by atoms with E-state index in [2.05, 4.69) is 5.32 Å². The maximum Gasteiger partial charge on any atom is 0.254 e. The van der Waals surface area contributed by atoms with Crippen molar-refractivity contribution in [1.29, 1.82) is 0 Å². The highest BCUT2D eigenvalue weighted by Crippen LogP contribution is 2.25. The summed E-state index contributed by atoms with van der Waals surface area (Å²) in [6.07, 6.45) is -1.24.